The summed E-state index contributed by atoms with van der Waals surface area (Å²) in [6.07, 6.45) is 2.40. The van der Waals surface area contributed by atoms with Gasteiger partial charge in [0.25, 0.3) is 0 Å². The van der Waals surface area contributed by atoms with Crippen LogP contribution in [-0.4, -0.2) is 50.7 Å². The molecule has 0 fully saturated rings. The second kappa shape index (κ2) is 12.3. The lowest BCUT2D eigenvalue weighted by atomic mass is 10.1. The van der Waals surface area contributed by atoms with E-state index >= 15 is 0 Å². The van der Waals surface area contributed by atoms with Gasteiger partial charge in [0.05, 0.1) is 0 Å². The predicted molar refractivity (Wildman–Crippen MR) is 111 cm³/mol. The number of carbonyl (C=O) groups excluding carboxylic acids is 1. The summed E-state index contributed by atoms with van der Waals surface area (Å²) in [5, 5.41) is 6.29. The van der Waals surface area contributed by atoms with Crippen LogP contribution in [0.4, 0.5) is 4.39 Å². The molecule has 0 saturated carbocycles. The molecule has 0 radical (unpaired) electrons. The van der Waals surface area contributed by atoms with Crippen LogP contribution in [0.1, 0.15) is 17.5 Å². The molecule has 8 heteroatoms. The summed E-state index contributed by atoms with van der Waals surface area (Å²) in [4.78, 5) is 17.2. The fourth-order valence-corrected chi connectivity index (χ4v) is 2.55. The molecule has 0 heterocycles. The summed E-state index contributed by atoms with van der Waals surface area (Å²) in [5.74, 6) is 1.23. The third kappa shape index (κ3) is 8.18. The SMILES string of the molecule is CN=C(NCCC(=O)N(C)C)NCc1ccc(F)cc1CSC.I. The van der Waals surface area contributed by atoms with E-state index < -0.39 is 0 Å². The molecule has 0 aliphatic heterocycles. The Morgan fingerprint density at radius 1 is 1.29 bits per heavy atom. The molecule has 1 aromatic carbocycles. The number of nitrogens with one attached hydrogen (secondary N) is 2. The van der Waals surface area contributed by atoms with Crippen molar-refractivity contribution in [3.05, 3.63) is 35.1 Å². The number of aliphatic imine (C=N–C) groups is 1. The lowest BCUT2D eigenvalue weighted by Gasteiger charge is -2.15. The molecule has 0 aromatic heterocycles. The minimum atomic E-state index is -0.220. The van der Waals surface area contributed by atoms with Crippen LogP contribution in [0, 0.1) is 5.82 Å². The smallest absolute Gasteiger partial charge is 0.223 e. The van der Waals surface area contributed by atoms with E-state index in [1.54, 1.807) is 49.9 Å². The molecule has 1 rings (SSSR count). The number of hydrogen-bond donors (Lipinski definition) is 2. The number of carbonyl (C=O) groups is 1. The number of benzene rings is 1. The molecular formula is C16H26FIN4OS. The van der Waals surface area contributed by atoms with Gasteiger partial charge in [0, 0.05) is 46.4 Å². The van der Waals surface area contributed by atoms with E-state index in [0.29, 0.717) is 25.5 Å². The Hall–Kier alpha value is -1.03. The van der Waals surface area contributed by atoms with Crippen LogP contribution in [0.2, 0.25) is 0 Å². The van der Waals surface area contributed by atoms with Gasteiger partial charge in [0.2, 0.25) is 5.91 Å². The van der Waals surface area contributed by atoms with Gasteiger partial charge in [0.1, 0.15) is 5.82 Å². The maximum absolute atomic E-state index is 13.3. The van der Waals surface area contributed by atoms with Gasteiger partial charge in [0.15, 0.2) is 5.96 Å². The van der Waals surface area contributed by atoms with Crippen LogP contribution < -0.4 is 10.6 Å². The van der Waals surface area contributed by atoms with Crippen LogP contribution >= 0.6 is 35.7 Å². The monoisotopic (exact) mass is 468 g/mol. The average Bonchev–Trinajstić information content (AvgIpc) is 2.52. The number of nitrogens with zero attached hydrogens (tertiary/aromatic N) is 2. The Bertz CT molecular complexity index is 555. The first-order valence-electron chi connectivity index (χ1n) is 7.38. The zero-order chi connectivity index (χ0) is 17.2. The van der Waals surface area contributed by atoms with Crippen molar-refractivity contribution in [3.63, 3.8) is 0 Å². The van der Waals surface area contributed by atoms with Crippen molar-refractivity contribution >= 4 is 47.6 Å². The zero-order valence-corrected chi connectivity index (χ0v) is 17.7. The summed E-state index contributed by atoms with van der Waals surface area (Å²) in [5.41, 5.74) is 2.01. The summed E-state index contributed by atoms with van der Waals surface area (Å²) in [7, 11) is 5.14. The van der Waals surface area contributed by atoms with Crippen molar-refractivity contribution in [2.24, 2.45) is 4.99 Å². The van der Waals surface area contributed by atoms with Gasteiger partial charge < -0.3 is 15.5 Å². The second-order valence-corrected chi connectivity index (χ2v) is 6.10. The summed E-state index contributed by atoms with van der Waals surface area (Å²) in [6, 6.07) is 4.82. The first-order chi connectivity index (χ1) is 11.0. The Morgan fingerprint density at radius 2 is 2.00 bits per heavy atom. The number of halogens is 2. The van der Waals surface area contributed by atoms with E-state index in [-0.39, 0.29) is 35.7 Å². The molecule has 0 saturated heterocycles. The molecule has 0 aliphatic carbocycles. The minimum Gasteiger partial charge on any atom is -0.356 e. The van der Waals surface area contributed by atoms with Crippen LogP contribution in [0.5, 0.6) is 0 Å². The van der Waals surface area contributed by atoms with Gasteiger partial charge in [-0.25, -0.2) is 4.39 Å². The van der Waals surface area contributed by atoms with E-state index in [1.165, 1.54) is 6.07 Å². The Morgan fingerprint density at radius 3 is 2.58 bits per heavy atom. The Kier molecular flexibility index (Phi) is 11.8. The van der Waals surface area contributed by atoms with Gasteiger partial charge >= 0.3 is 0 Å². The normalized spacial score (nSPS) is 10.8. The lowest BCUT2D eigenvalue weighted by Crippen LogP contribution is -2.39. The van der Waals surface area contributed by atoms with Crippen LogP contribution in [0.3, 0.4) is 0 Å². The number of thioether (sulfide) groups is 1. The number of hydrogen-bond acceptors (Lipinski definition) is 3. The van der Waals surface area contributed by atoms with E-state index in [2.05, 4.69) is 15.6 Å². The third-order valence-electron chi connectivity index (χ3n) is 3.27. The molecule has 0 atom stereocenters. The van der Waals surface area contributed by atoms with Gasteiger partial charge in [-0.1, -0.05) is 6.07 Å². The van der Waals surface area contributed by atoms with Crippen molar-refractivity contribution in [1.82, 2.24) is 15.5 Å². The summed E-state index contributed by atoms with van der Waals surface area (Å²) >= 11 is 1.65. The fourth-order valence-electron chi connectivity index (χ4n) is 1.97. The van der Waals surface area contributed by atoms with E-state index in [1.807, 2.05) is 6.26 Å². The Labute approximate surface area is 164 Å². The molecule has 0 unspecified atom stereocenters. The molecule has 0 spiro atoms. The maximum atomic E-state index is 13.3. The quantitative estimate of drug-likeness (QED) is 0.367. The van der Waals surface area contributed by atoms with Gasteiger partial charge in [-0.2, -0.15) is 11.8 Å². The molecular weight excluding hydrogens is 442 g/mol. The first kappa shape index (κ1) is 23.0. The molecule has 1 amide bonds. The molecule has 0 bridgehead atoms. The Balaban J connectivity index is 0.00000529. The average molecular weight is 468 g/mol. The van der Waals surface area contributed by atoms with Crippen LogP contribution in [0.15, 0.2) is 23.2 Å². The van der Waals surface area contributed by atoms with Gasteiger partial charge in [-0.3, -0.25) is 9.79 Å². The van der Waals surface area contributed by atoms with Gasteiger partial charge in [-0.05, 0) is 29.5 Å². The first-order valence-corrected chi connectivity index (χ1v) is 8.78. The molecule has 24 heavy (non-hydrogen) atoms. The van der Waals surface area contributed by atoms with E-state index in [0.717, 1.165) is 16.9 Å². The van der Waals surface area contributed by atoms with E-state index in [4.69, 9.17) is 0 Å². The lowest BCUT2D eigenvalue weighted by molar-refractivity contribution is -0.128. The molecule has 1 aromatic rings. The molecule has 5 nitrogen and oxygen atoms in total. The van der Waals surface area contributed by atoms with Crippen LogP contribution in [0.25, 0.3) is 0 Å². The highest BCUT2D eigenvalue weighted by molar-refractivity contribution is 14.0. The fraction of sp³-hybridized carbons (Fsp3) is 0.500. The van der Waals surface area contributed by atoms with Crippen molar-refractivity contribution in [1.29, 1.82) is 0 Å². The number of rotatable bonds is 7. The third-order valence-corrected chi connectivity index (χ3v) is 3.87. The van der Waals surface area contributed by atoms with E-state index in [9.17, 15) is 9.18 Å². The predicted octanol–water partition coefficient (Wildman–Crippen LogP) is 2.45. The van der Waals surface area contributed by atoms with Crippen LogP contribution in [-0.2, 0) is 17.1 Å². The maximum Gasteiger partial charge on any atom is 0.223 e. The standard InChI is InChI=1S/C16H25FN4OS.HI/c1-18-16(19-8-7-15(22)21(2)3)20-10-12-5-6-14(17)9-13(12)11-23-4;/h5-6,9H,7-8,10-11H2,1-4H3,(H2,18,19,20);1H. The number of guanidine groups is 1. The molecule has 2 N–H and O–H groups in total. The van der Waals surface area contributed by atoms with Gasteiger partial charge in [-0.15, -0.1) is 24.0 Å². The highest BCUT2D eigenvalue weighted by Crippen LogP contribution is 2.16. The summed E-state index contributed by atoms with van der Waals surface area (Å²) < 4.78 is 13.3. The number of amides is 1. The topological polar surface area (TPSA) is 56.7 Å². The minimum absolute atomic E-state index is 0. The highest BCUT2D eigenvalue weighted by Gasteiger charge is 2.07. The van der Waals surface area contributed by atoms with Crippen molar-refractivity contribution in [3.8, 4) is 0 Å². The summed E-state index contributed by atoms with van der Waals surface area (Å²) in [6.45, 7) is 1.06. The van der Waals surface area contributed by atoms with Crippen molar-refractivity contribution < 1.29 is 9.18 Å². The second-order valence-electron chi connectivity index (χ2n) is 5.24. The molecule has 136 valence electrons. The van der Waals surface area contributed by atoms with Crippen molar-refractivity contribution in [2.45, 2.75) is 18.7 Å². The molecule has 0 aliphatic rings. The largest absolute Gasteiger partial charge is 0.356 e. The highest BCUT2D eigenvalue weighted by atomic mass is 127. The van der Waals surface area contributed by atoms with Crippen molar-refractivity contribution in [2.75, 3.05) is 33.9 Å². The zero-order valence-electron chi connectivity index (χ0n) is 14.6.